The molecule has 11 nitrogen and oxygen atoms in total. The van der Waals surface area contributed by atoms with E-state index in [0.29, 0.717) is 12.2 Å². The number of likely N-dealkylation sites (tertiary alicyclic amines) is 1. The average Bonchev–Trinajstić information content (AvgIpc) is 3.18. The highest BCUT2D eigenvalue weighted by atomic mass is 32.2. The van der Waals surface area contributed by atoms with Crippen molar-refractivity contribution in [3.05, 3.63) is 0 Å². The smallest absolute Gasteiger partial charge is 0.326 e. The number of carbonyl (C=O) groups excluding carboxylic acids is 3. The molecular formula is C19H32N4O7S. The number of thioether (sulfide) groups is 1. The van der Waals surface area contributed by atoms with E-state index in [9.17, 15) is 34.2 Å². The van der Waals surface area contributed by atoms with Gasteiger partial charge in [-0.1, -0.05) is 13.8 Å². The van der Waals surface area contributed by atoms with Gasteiger partial charge in [0.25, 0.3) is 0 Å². The Balaban J connectivity index is 2.99. The Morgan fingerprint density at radius 3 is 2.23 bits per heavy atom. The van der Waals surface area contributed by atoms with E-state index in [1.807, 2.05) is 6.26 Å². The normalized spacial score (nSPS) is 18.9. The number of nitrogens with two attached hydrogens (primary N) is 1. The van der Waals surface area contributed by atoms with Gasteiger partial charge in [0.1, 0.15) is 18.1 Å². The highest BCUT2D eigenvalue weighted by molar-refractivity contribution is 7.98. The fourth-order valence-corrected chi connectivity index (χ4v) is 3.68. The van der Waals surface area contributed by atoms with Gasteiger partial charge in [-0.2, -0.15) is 11.8 Å². The van der Waals surface area contributed by atoms with Crippen molar-refractivity contribution >= 4 is 41.4 Å². The van der Waals surface area contributed by atoms with Crippen molar-refractivity contribution in [1.82, 2.24) is 15.5 Å². The number of amides is 3. The molecule has 1 rings (SSSR count). The molecule has 1 aliphatic heterocycles. The maximum absolute atomic E-state index is 12.9. The molecule has 6 N–H and O–H groups in total. The van der Waals surface area contributed by atoms with Crippen molar-refractivity contribution in [2.75, 3.05) is 18.6 Å². The molecule has 3 amide bonds. The summed E-state index contributed by atoms with van der Waals surface area (Å²) in [6.45, 7) is 3.69. The molecule has 12 heteroatoms. The third kappa shape index (κ3) is 8.02. The minimum Gasteiger partial charge on any atom is -0.481 e. The van der Waals surface area contributed by atoms with Gasteiger partial charge in [0, 0.05) is 6.54 Å². The predicted molar refractivity (Wildman–Crippen MR) is 114 cm³/mol. The molecule has 0 radical (unpaired) electrons. The third-order valence-electron chi connectivity index (χ3n) is 5.08. The van der Waals surface area contributed by atoms with Crippen LogP contribution in [0.1, 0.15) is 39.5 Å². The number of carbonyl (C=O) groups is 5. The van der Waals surface area contributed by atoms with Gasteiger partial charge in [-0.15, -0.1) is 0 Å². The first-order valence-electron chi connectivity index (χ1n) is 10.1. The fourth-order valence-electron chi connectivity index (χ4n) is 3.21. The van der Waals surface area contributed by atoms with Crippen molar-refractivity contribution < 1.29 is 34.2 Å². The standard InChI is InChI=1S/C19H32N4O7S/c1-10(2)15(20)17(27)21-11(6-8-31-3)16(26)22-12(9-14(24)25)18(28)23-7-4-5-13(23)19(29)30/h10-13,15H,4-9,20H2,1-3H3,(H,21,27)(H,22,26)(H,24,25)(H,29,30). The molecule has 0 aromatic rings. The monoisotopic (exact) mass is 460 g/mol. The van der Waals surface area contributed by atoms with Crippen LogP contribution < -0.4 is 16.4 Å². The quantitative estimate of drug-likeness (QED) is 0.250. The number of nitrogens with one attached hydrogen (secondary N) is 2. The van der Waals surface area contributed by atoms with Crippen LogP contribution in [0.25, 0.3) is 0 Å². The summed E-state index contributed by atoms with van der Waals surface area (Å²) in [6, 6.07) is -4.35. The van der Waals surface area contributed by atoms with Crippen LogP contribution in [0.5, 0.6) is 0 Å². The molecule has 1 heterocycles. The zero-order chi connectivity index (χ0) is 23.7. The second-order valence-corrected chi connectivity index (χ2v) is 8.78. The fraction of sp³-hybridized carbons (Fsp3) is 0.737. The Morgan fingerprint density at radius 1 is 1.10 bits per heavy atom. The van der Waals surface area contributed by atoms with Crippen LogP contribution in [0.15, 0.2) is 0 Å². The summed E-state index contributed by atoms with van der Waals surface area (Å²) in [5.41, 5.74) is 5.84. The van der Waals surface area contributed by atoms with Crippen LogP contribution in [0, 0.1) is 5.92 Å². The number of aliphatic carboxylic acids is 2. The largest absolute Gasteiger partial charge is 0.481 e. The van der Waals surface area contributed by atoms with E-state index in [0.717, 1.165) is 4.90 Å². The molecule has 0 aromatic heterocycles. The van der Waals surface area contributed by atoms with Crippen LogP contribution in [-0.4, -0.2) is 87.5 Å². The molecule has 0 spiro atoms. The second-order valence-electron chi connectivity index (χ2n) is 7.80. The minimum atomic E-state index is -1.45. The van der Waals surface area contributed by atoms with Gasteiger partial charge >= 0.3 is 11.9 Å². The van der Waals surface area contributed by atoms with Crippen molar-refractivity contribution in [2.45, 2.75) is 63.7 Å². The molecule has 1 aliphatic rings. The van der Waals surface area contributed by atoms with Crippen LogP contribution in [-0.2, 0) is 24.0 Å². The summed E-state index contributed by atoms with van der Waals surface area (Å²) in [5.74, 6) is -4.15. The Morgan fingerprint density at radius 2 is 1.71 bits per heavy atom. The van der Waals surface area contributed by atoms with Gasteiger partial charge in [-0.3, -0.25) is 19.2 Å². The van der Waals surface area contributed by atoms with E-state index in [1.54, 1.807) is 13.8 Å². The second kappa shape index (κ2) is 12.5. The SMILES string of the molecule is CSCCC(NC(=O)C(N)C(C)C)C(=O)NC(CC(=O)O)C(=O)N1CCCC1C(=O)O. The van der Waals surface area contributed by atoms with Gasteiger partial charge < -0.3 is 31.5 Å². The lowest BCUT2D eigenvalue weighted by Crippen LogP contribution is -2.58. The number of carboxylic acids is 2. The number of hydrogen-bond acceptors (Lipinski definition) is 7. The molecular weight excluding hydrogens is 428 g/mol. The molecule has 0 saturated carbocycles. The van der Waals surface area contributed by atoms with Crippen molar-refractivity contribution in [1.29, 1.82) is 0 Å². The van der Waals surface area contributed by atoms with E-state index < -0.39 is 60.2 Å². The van der Waals surface area contributed by atoms with Crippen LogP contribution in [0.3, 0.4) is 0 Å². The lowest BCUT2D eigenvalue weighted by molar-refractivity contribution is -0.150. The summed E-state index contributed by atoms with van der Waals surface area (Å²) >= 11 is 1.45. The van der Waals surface area contributed by atoms with Crippen LogP contribution in [0.4, 0.5) is 0 Å². The molecule has 0 bridgehead atoms. The van der Waals surface area contributed by atoms with Crippen molar-refractivity contribution in [3.8, 4) is 0 Å². The zero-order valence-corrected chi connectivity index (χ0v) is 18.8. The summed E-state index contributed by atoms with van der Waals surface area (Å²) in [5, 5.41) is 23.5. The molecule has 1 fully saturated rings. The van der Waals surface area contributed by atoms with Crippen LogP contribution in [0.2, 0.25) is 0 Å². The molecule has 1 saturated heterocycles. The van der Waals surface area contributed by atoms with E-state index in [-0.39, 0.29) is 25.3 Å². The Kier molecular flexibility index (Phi) is 10.8. The van der Waals surface area contributed by atoms with Gasteiger partial charge in [0.2, 0.25) is 17.7 Å². The molecule has 0 aromatic carbocycles. The molecule has 31 heavy (non-hydrogen) atoms. The lowest BCUT2D eigenvalue weighted by Gasteiger charge is -2.28. The predicted octanol–water partition coefficient (Wildman–Crippen LogP) is -0.757. The highest BCUT2D eigenvalue weighted by Gasteiger charge is 2.39. The topological polar surface area (TPSA) is 179 Å². The lowest BCUT2D eigenvalue weighted by atomic mass is 10.0. The Labute approximate surface area is 185 Å². The van der Waals surface area contributed by atoms with E-state index in [1.165, 1.54) is 11.8 Å². The Bertz CT molecular complexity index is 688. The molecule has 176 valence electrons. The first-order chi connectivity index (χ1) is 14.5. The maximum atomic E-state index is 12.9. The van der Waals surface area contributed by atoms with Gasteiger partial charge in [0.05, 0.1) is 12.5 Å². The minimum absolute atomic E-state index is 0.159. The van der Waals surface area contributed by atoms with E-state index in [4.69, 9.17) is 5.73 Å². The Hall–Kier alpha value is -2.34. The number of nitrogens with zero attached hydrogens (tertiary/aromatic N) is 1. The van der Waals surface area contributed by atoms with Crippen LogP contribution >= 0.6 is 11.8 Å². The van der Waals surface area contributed by atoms with Crippen molar-refractivity contribution in [3.63, 3.8) is 0 Å². The van der Waals surface area contributed by atoms with Gasteiger partial charge in [-0.25, -0.2) is 4.79 Å². The third-order valence-corrected chi connectivity index (χ3v) is 5.72. The maximum Gasteiger partial charge on any atom is 0.326 e. The summed E-state index contributed by atoms with van der Waals surface area (Å²) in [7, 11) is 0. The van der Waals surface area contributed by atoms with Gasteiger partial charge in [-0.05, 0) is 37.2 Å². The molecule has 4 unspecified atom stereocenters. The highest BCUT2D eigenvalue weighted by Crippen LogP contribution is 2.19. The zero-order valence-electron chi connectivity index (χ0n) is 18.0. The summed E-state index contributed by atoms with van der Waals surface area (Å²) in [6.07, 6.45) is 2.10. The molecule has 4 atom stereocenters. The van der Waals surface area contributed by atoms with E-state index in [2.05, 4.69) is 10.6 Å². The van der Waals surface area contributed by atoms with Crippen molar-refractivity contribution in [2.24, 2.45) is 11.7 Å². The number of rotatable bonds is 12. The number of carboxylic acid groups (broad SMARTS) is 2. The summed E-state index contributed by atoms with van der Waals surface area (Å²) < 4.78 is 0. The first-order valence-corrected chi connectivity index (χ1v) is 11.5. The number of hydrogen-bond donors (Lipinski definition) is 5. The molecule has 0 aliphatic carbocycles. The first kappa shape index (κ1) is 26.7. The summed E-state index contributed by atoms with van der Waals surface area (Å²) in [4.78, 5) is 61.8. The van der Waals surface area contributed by atoms with E-state index >= 15 is 0 Å². The van der Waals surface area contributed by atoms with Gasteiger partial charge in [0.15, 0.2) is 0 Å². The average molecular weight is 461 g/mol.